The van der Waals surface area contributed by atoms with Crippen LogP contribution in [0.25, 0.3) is 0 Å². The van der Waals surface area contributed by atoms with E-state index in [1.165, 1.54) is 18.2 Å². The summed E-state index contributed by atoms with van der Waals surface area (Å²) in [4.78, 5) is 0.0191. The van der Waals surface area contributed by atoms with Crippen molar-refractivity contribution in [2.24, 2.45) is 0 Å². The molecule has 84 valence electrons. The van der Waals surface area contributed by atoms with E-state index >= 15 is 0 Å². The molecule has 0 saturated heterocycles. The first-order chi connectivity index (χ1) is 6.64. The molecule has 0 amide bonds. The summed E-state index contributed by atoms with van der Waals surface area (Å²) in [5, 5.41) is 0.524. The van der Waals surface area contributed by atoms with Gasteiger partial charge in [-0.2, -0.15) is 0 Å². The van der Waals surface area contributed by atoms with Crippen LogP contribution in [0, 0.1) is 0 Å². The summed E-state index contributed by atoms with van der Waals surface area (Å²) in [5.41, 5.74) is 0. The summed E-state index contributed by atoms with van der Waals surface area (Å²) in [6.07, 6.45) is 0. The van der Waals surface area contributed by atoms with E-state index in [1.54, 1.807) is 0 Å². The maximum atomic E-state index is 11.9. The quantitative estimate of drug-likeness (QED) is 0.575. The minimum absolute atomic E-state index is 0.0191. The smallest absolute Gasteiger partial charge is 0.220 e. The van der Waals surface area contributed by atoms with Crippen LogP contribution < -0.4 is 0 Å². The Balaban J connectivity index is 3.41. The SMILES string of the molecule is O=S(=O)(c1cc(Cl)cc(Cl)c1)C(Br)(Br)Br. The standard InChI is InChI=1S/C7H3Br3Cl2O2S/c8-7(9,10)15(13,14)6-2-4(11)1-5(12)3-6/h1-3H. The Morgan fingerprint density at radius 3 is 1.73 bits per heavy atom. The van der Waals surface area contributed by atoms with Gasteiger partial charge in [0.25, 0.3) is 0 Å². The lowest BCUT2D eigenvalue weighted by molar-refractivity contribution is 0.599. The molecule has 0 fully saturated rings. The van der Waals surface area contributed by atoms with E-state index in [2.05, 4.69) is 47.8 Å². The Kier molecular flexibility index (Phi) is 4.58. The number of hydrogen-bond acceptors (Lipinski definition) is 2. The molecule has 0 aliphatic rings. The van der Waals surface area contributed by atoms with Crippen molar-refractivity contribution in [1.29, 1.82) is 0 Å². The van der Waals surface area contributed by atoms with Gasteiger partial charge < -0.3 is 0 Å². The lowest BCUT2D eigenvalue weighted by Crippen LogP contribution is -2.17. The molecular weight excluding hydrogens is 459 g/mol. The van der Waals surface area contributed by atoms with Crippen LogP contribution in [0.5, 0.6) is 0 Å². The molecule has 0 heterocycles. The van der Waals surface area contributed by atoms with Crippen molar-refractivity contribution >= 4 is 80.8 Å². The third-order valence-corrected chi connectivity index (χ3v) is 7.19. The molecule has 0 saturated carbocycles. The Hall–Kier alpha value is 1.19. The molecule has 2 nitrogen and oxygen atoms in total. The zero-order valence-corrected chi connectivity index (χ0v) is 13.9. The summed E-state index contributed by atoms with van der Waals surface area (Å²) in [7, 11) is -3.64. The first kappa shape index (κ1) is 14.3. The van der Waals surface area contributed by atoms with Crippen LogP contribution >= 0.6 is 71.0 Å². The van der Waals surface area contributed by atoms with E-state index in [-0.39, 0.29) is 14.9 Å². The normalized spacial score (nSPS) is 12.9. The van der Waals surface area contributed by atoms with Gasteiger partial charge in [0.05, 0.1) is 4.90 Å². The number of sulfone groups is 1. The highest BCUT2D eigenvalue weighted by Crippen LogP contribution is 2.43. The number of halogens is 5. The Morgan fingerprint density at radius 1 is 1.00 bits per heavy atom. The summed E-state index contributed by atoms with van der Waals surface area (Å²) >= 11 is 20.3. The number of benzene rings is 1. The maximum absolute atomic E-state index is 11.9. The van der Waals surface area contributed by atoms with Gasteiger partial charge in [0.15, 0.2) is 0 Å². The second kappa shape index (κ2) is 4.82. The average Bonchev–Trinajstić information content (AvgIpc) is 1.99. The molecular formula is C7H3Br3Cl2O2S. The molecule has 0 radical (unpaired) electrons. The Labute approximate surface area is 123 Å². The maximum Gasteiger partial charge on any atom is 0.239 e. The first-order valence-corrected chi connectivity index (χ1v) is 8.04. The molecule has 0 spiro atoms. The van der Waals surface area contributed by atoms with Gasteiger partial charge in [-0.3, -0.25) is 0 Å². The van der Waals surface area contributed by atoms with E-state index in [0.717, 1.165) is 0 Å². The Morgan fingerprint density at radius 2 is 1.40 bits per heavy atom. The summed E-state index contributed by atoms with van der Waals surface area (Å²) in [5.74, 6) is 0. The molecule has 0 aliphatic carbocycles. The molecule has 0 aromatic heterocycles. The zero-order chi connectivity index (χ0) is 11.9. The van der Waals surface area contributed by atoms with Crippen LogP contribution in [0.4, 0.5) is 0 Å². The van der Waals surface area contributed by atoms with Gasteiger partial charge in [-0.25, -0.2) is 8.42 Å². The molecule has 0 unspecified atom stereocenters. The fourth-order valence-corrected chi connectivity index (χ4v) is 3.99. The van der Waals surface area contributed by atoms with Crippen LogP contribution in [-0.4, -0.2) is 9.89 Å². The third-order valence-electron chi connectivity index (χ3n) is 1.45. The van der Waals surface area contributed by atoms with Gasteiger partial charge in [-0.15, -0.1) is 0 Å². The van der Waals surface area contributed by atoms with E-state index in [4.69, 9.17) is 23.2 Å². The lowest BCUT2D eigenvalue weighted by Gasteiger charge is -2.13. The van der Waals surface area contributed by atoms with Gasteiger partial charge in [0.2, 0.25) is 11.3 Å². The topological polar surface area (TPSA) is 34.1 Å². The molecule has 0 N–H and O–H groups in total. The van der Waals surface area contributed by atoms with Crippen molar-refractivity contribution in [2.75, 3.05) is 0 Å². The van der Waals surface area contributed by atoms with Crippen molar-refractivity contribution in [3.8, 4) is 0 Å². The predicted octanol–water partition coefficient (Wildman–Crippen LogP) is 4.56. The molecule has 1 aromatic rings. The van der Waals surface area contributed by atoms with E-state index < -0.39 is 11.3 Å². The monoisotopic (exact) mass is 458 g/mol. The Bertz CT molecular complexity index is 461. The molecule has 15 heavy (non-hydrogen) atoms. The van der Waals surface area contributed by atoms with E-state index in [9.17, 15) is 8.42 Å². The van der Waals surface area contributed by atoms with E-state index in [1.807, 2.05) is 0 Å². The average molecular weight is 462 g/mol. The summed E-state index contributed by atoms with van der Waals surface area (Å²) in [6.45, 7) is 0. The van der Waals surface area contributed by atoms with Crippen LogP contribution in [0.1, 0.15) is 0 Å². The van der Waals surface area contributed by atoms with Crippen molar-refractivity contribution < 1.29 is 8.42 Å². The largest absolute Gasteiger partial charge is 0.239 e. The van der Waals surface area contributed by atoms with Gasteiger partial charge >= 0.3 is 0 Å². The molecule has 1 rings (SSSR count). The zero-order valence-electron chi connectivity index (χ0n) is 6.85. The van der Waals surface area contributed by atoms with Gasteiger partial charge in [0, 0.05) is 10.0 Å². The van der Waals surface area contributed by atoms with Crippen LogP contribution in [0.3, 0.4) is 0 Å². The fraction of sp³-hybridized carbons (Fsp3) is 0.143. The number of hydrogen-bond donors (Lipinski definition) is 0. The number of rotatable bonds is 1. The lowest BCUT2D eigenvalue weighted by atomic mass is 10.4. The summed E-state index contributed by atoms with van der Waals surface area (Å²) < 4.78 is 22.4. The van der Waals surface area contributed by atoms with Gasteiger partial charge in [-0.05, 0) is 66.0 Å². The van der Waals surface area contributed by atoms with Crippen LogP contribution in [0.2, 0.25) is 10.0 Å². The van der Waals surface area contributed by atoms with Gasteiger partial charge in [-0.1, -0.05) is 23.2 Å². The molecule has 0 aliphatic heterocycles. The van der Waals surface area contributed by atoms with Crippen LogP contribution in [-0.2, 0) is 9.84 Å². The second-order valence-corrected chi connectivity index (χ2v) is 13.9. The third kappa shape index (κ3) is 3.33. The predicted molar refractivity (Wildman–Crippen MR) is 73.2 cm³/mol. The highest BCUT2D eigenvalue weighted by atomic mass is 80.0. The van der Waals surface area contributed by atoms with E-state index in [0.29, 0.717) is 0 Å². The fourth-order valence-electron chi connectivity index (χ4n) is 0.817. The highest BCUT2D eigenvalue weighted by Gasteiger charge is 2.37. The first-order valence-electron chi connectivity index (χ1n) is 3.42. The molecule has 8 heteroatoms. The second-order valence-electron chi connectivity index (χ2n) is 2.55. The van der Waals surface area contributed by atoms with Crippen molar-refractivity contribution in [3.63, 3.8) is 0 Å². The molecule has 0 atom stereocenters. The number of alkyl halides is 3. The minimum atomic E-state index is -3.64. The molecule has 0 bridgehead atoms. The van der Waals surface area contributed by atoms with Crippen molar-refractivity contribution in [1.82, 2.24) is 0 Å². The summed E-state index contributed by atoms with van der Waals surface area (Å²) in [6, 6.07) is 4.10. The minimum Gasteiger partial charge on any atom is -0.220 e. The highest BCUT2D eigenvalue weighted by molar-refractivity contribution is 9.42. The van der Waals surface area contributed by atoms with Gasteiger partial charge in [0.1, 0.15) is 0 Å². The van der Waals surface area contributed by atoms with Crippen molar-refractivity contribution in [3.05, 3.63) is 28.2 Å². The van der Waals surface area contributed by atoms with Crippen LogP contribution in [0.15, 0.2) is 23.1 Å². The van der Waals surface area contributed by atoms with Crippen molar-refractivity contribution in [2.45, 2.75) is 6.37 Å². The molecule has 1 aromatic carbocycles.